The molecule has 4 nitrogen and oxygen atoms in total. The van der Waals surface area contributed by atoms with Gasteiger partial charge in [0.05, 0.1) is 16.5 Å². The van der Waals surface area contributed by atoms with Crippen LogP contribution >= 0.6 is 0 Å². The molecule has 20 heavy (non-hydrogen) atoms. The fourth-order valence-corrected chi connectivity index (χ4v) is 6.91. The van der Waals surface area contributed by atoms with Gasteiger partial charge in [-0.1, -0.05) is 0 Å². The molecule has 114 valence electrons. The third kappa shape index (κ3) is 1.97. The summed E-state index contributed by atoms with van der Waals surface area (Å²) in [5, 5.41) is -0.105. The highest BCUT2D eigenvalue weighted by Gasteiger charge is 2.59. The van der Waals surface area contributed by atoms with E-state index in [0.717, 1.165) is 25.2 Å². The average Bonchev–Trinajstić information content (AvgIpc) is 3.03. The van der Waals surface area contributed by atoms with Crippen LogP contribution in [0.15, 0.2) is 0 Å². The summed E-state index contributed by atoms with van der Waals surface area (Å²) in [6, 6.07) is 0. The summed E-state index contributed by atoms with van der Waals surface area (Å²) in [4.78, 5) is 0. The topological polar surface area (TPSA) is 46.6 Å². The molecule has 5 heteroatoms. The zero-order valence-electron chi connectivity index (χ0n) is 12.5. The minimum atomic E-state index is -3.09. The van der Waals surface area contributed by atoms with Crippen molar-refractivity contribution < 1.29 is 13.2 Å². The van der Waals surface area contributed by atoms with E-state index in [4.69, 9.17) is 4.74 Å². The fraction of sp³-hybridized carbons (Fsp3) is 1.00. The van der Waals surface area contributed by atoms with E-state index >= 15 is 0 Å². The monoisotopic (exact) mass is 299 g/mol. The number of hydrogen-bond donors (Lipinski definition) is 0. The first kappa shape index (κ1) is 13.5. The first-order chi connectivity index (χ1) is 9.31. The van der Waals surface area contributed by atoms with Gasteiger partial charge in [-0.2, -0.15) is 4.31 Å². The lowest BCUT2D eigenvalue weighted by atomic mass is 9.81. The minimum absolute atomic E-state index is 0.105. The van der Waals surface area contributed by atoms with Crippen molar-refractivity contribution in [2.45, 2.75) is 68.8 Å². The van der Waals surface area contributed by atoms with E-state index < -0.39 is 10.0 Å². The Morgan fingerprint density at radius 1 is 1.10 bits per heavy atom. The molecule has 1 heterocycles. The Bertz CT molecular complexity index is 525. The van der Waals surface area contributed by atoms with E-state index in [1.165, 1.54) is 19.3 Å². The second-order valence-electron chi connectivity index (χ2n) is 8.02. The molecule has 0 aromatic heterocycles. The molecule has 3 aliphatic carbocycles. The highest BCUT2D eigenvalue weighted by molar-refractivity contribution is 7.90. The quantitative estimate of drug-likeness (QED) is 0.785. The maximum atomic E-state index is 12.7. The van der Waals surface area contributed by atoms with Crippen LogP contribution in [0.3, 0.4) is 0 Å². The van der Waals surface area contributed by atoms with Crippen LogP contribution in [0.5, 0.6) is 0 Å². The maximum Gasteiger partial charge on any atom is 0.217 e. The lowest BCUT2D eigenvalue weighted by molar-refractivity contribution is -0.203. The number of ether oxygens (including phenoxy) is 1. The molecule has 2 bridgehead atoms. The van der Waals surface area contributed by atoms with E-state index in [9.17, 15) is 8.42 Å². The molecule has 3 saturated carbocycles. The highest BCUT2D eigenvalue weighted by Crippen LogP contribution is 2.55. The van der Waals surface area contributed by atoms with Gasteiger partial charge in [-0.15, -0.1) is 0 Å². The second-order valence-corrected chi connectivity index (χ2v) is 10.2. The van der Waals surface area contributed by atoms with E-state index in [2.05, 4.69) is 13.8 Å². The van der Waals surface area contributed by atoms with Gasteiger partial charge in [0.15, 0.2) is 0 Å². The predicted octanol–water partition coefficient (Wildman–Crippen LogP) is 2.15. The molecule has 4 fully saturated rings. The molecule has 0 aromatic rings. The molecule has 0 unspecified atom stereocenters. The summed E-state index contributed by atoms with van der Waals surface area (Å²) in [5.74, 6) is 1.34. The van der Waals surface area contributed by atoms with Crippen LogP contribution in [0.25, 0.3) is 0 Å². The number of fused-ring (bicyclic) bond motifs is 3. The van der Waals surface area contributed by atoms with Crippen LogP contribution in [0.2, 0.25) is 0 Å². The van der Waals surface area contributed by atoms with Crippen molar-refractivity contribution >= 4 is 10.0 Å². The normalized spacial score (nSPS) is 44.3. The van der Waals surface area contributed by atoms with Gasteiger partial charge in [0.2, 0.25) is 10.0 Å². The van der Waals surface area contributed by atoms with Crippen molar-refractivity contribution in [3.05, 3.63) is 0 Å². The van der Waals surface area contributed by atoms with Crippen molar-refractivity contribution in [3.8, 4) is 0 Å². The van der Waals surface area contributed by atoms with Crippen LogP contribution in [-0.2, 0) is 14.8 Å². The van der Waals surface area contributed by atoms with Gasteiger partial charge in [-0.05, 0) is 64.2 Å². The average molecular weight is 299 g/mol. The van der Waals surface area contributed by atoms with E-state index in [0.29, 0.717) is 19.0 Å². The SMILES string of the molecule is CC1(C)CN(S(=O)(=O)C2CC2)C[C@]2(C[C@@H]3CC[C@H]2C3)O1. The first-order valence-electron chi connectivity index (χ1n) is 8.00. The van der Waals surface area contributed by atoms with Crippen LogP contribution in [0.1, 0.15) is 52.4 Å². The molecule has 1 aliphatic heterocycles. The largest absolute Gasteiger partial charge is 0.366 e. The van der Waals surface area contributed by atoms with Gasteiger partial charge in [0.1, 0.15) is 0 Å². The predicted molar refractivity (Wildman–Crippen MR) is 76.9 cm³/mol. The molecule has 3 atom stereocenters. The molecular formula is C15H25NO3S. The molecular weight excluding hydrogens is 274 g/mol. The molecule has 1 spiro atoms. The summed E-state index contributed by atoms with van der Waals surface area (Å²) in [5.41, 5.74) is -0.544. The Kier molecular flexibility index (Phi) is 2.70. The number of nitrogens with zero attached hydrogens (tertiary/aromatic N) is 1. The van der Waals surface area contributed by atoms with Gasteiger partial charge in [0, 0.05) is 13.1 Å². The van der Waals surface area contributed by atoms with Crippen molar-refractivity contribution in [2.24, 2.45) is 11.8 Å². The summed E-state index contributed by atoms with van der Waals surface area (Å²) in [6.45, 7) is 5.23. The van der Waals surface area contributed by atoms with Gasteiger partial charge in [0.25, 0.3) is 0 Å². The number of morpholine rings is 1. The Morgan fingerprint density at radius 3 is 2.40 bits per heavy atom. The summed E-state index contributed by atoms with van der Waals surface area (Å²) in [6.07, 6.45) is 6.53. The Morgan fingerprint density at radius 2 is 1.85 bits per heavy atom. The Labute approximate surface area is 121 Å². The molecule has 0 amide bonds. The summed E-state index contributed by atoms with van der Waals surface area (Å²) in [7, 11) is -3.09. The van der Waals surface area contributed by atoms with Gasteiger partial charge in [-0.3, -0.25) is 0 Å². The number of sulfonamides is 1. The van der Waals surface area contributed by atoms with Crippen molar-refractivity contribution in [1.82, 2.24) is 4.31 Å². The van der Waals surface area contributed by atoms with Crippen molar-refractivity contribution in [2.75, 3.05) is 13.1 Å². The van der Waals surface area contributed by atoms with E-state index in [1.807, 2.05) is 0 Å². The Balaban J connectivity index is 1.66. The van der Waals surface area contributed by atoms with Gasteiger partial charge >= 0.3 is 0 Å². The third-order valence-corrected chi connectivity index (χ3v) is 8.00. The Hall–Kier alpha value is -0.130. The fourth-order valence-electron chi connectivity index (χ4n) is 4.86. The summed E-state index contributed by atoms with van der Waals surface area (Å²) >= 11 is 0. The minimum Gasteiger partial charge on any atom is -0.366 e. The van der Waals surface area contributed by atoms with Crippen LogP contribution in [-0.4, -0.2) is 42.3 Å². The molecule has 0 radical (unpaired) electrons. The molecule has 0 N–H and O–H groups in total. The zero-order valence-corrected chi connectivity index (χ0v) is 13.3. The van der Waals surface area contributed by atoms with Crippen LogP contribution in [0.4, 0.5) is 0 Å². The van der Waals surface area contributed by atoms with E-state index in [1.54, 1.807) is 4.31 Å². The van der Waals surface area contributed by atoms with Gasteiger partial charge in [-0.25, -0.2) is 8.42 Å². The molecule has 4 rings (SSSR count). The molecule has 4 aliphatic rings. The zero-order chi connectivity index (χ0) is 14.2. The van der Waals surface area contributed by atoms with Crippen molar-refractivity contribution in [1.29, 1.82) is 0 Å². The number of hydrogen-bond acceptors (Lipinski definition) is 3. The van der Waals surface area contributed by atoms with Crippen LogP contribution < -0.4 is 0 Å². The third-order valence-electron chi connectivity index (χ3n) is 5.71. The second kappa shape index (κ2) is 3.99. The number of rotatable bonds is 2. The summed E-state index contributed by atoms with van der Waals surface area (Å²) < 4.78 is 33.6. The first-order valence-corrected chi connectivity index (χ1v) is 9.50. The highest BCUT2D eigenvalue weighted by atomic mass is 32.2. The maximum absolute atomic E-state index is 12.7. The standard InChI is InChI=1S/C15H25NO3S/c1-14(2)9-16(20(17,18)13-5-6-13)10-15(19-14)8-11-3-4-12(15)7-11/h11-13H,3-10H2,1-2H3/t11-,12+,15+/m1/s1. The lowest BCUT2D eigenvalue weighted by Gasteiger charge is -2.51. The van der Waals surface area contributed by atoms with Crippen LogP contribution in [0, 0.1) is 11.8 Å². The molecule has 0 aromatic carbocycles. The van der Waals surface area contributed by atoms with Gasteiger partial charge < -0.3 is 4.74 Å². The van der Waals surface area contributed by atoms with Crippen molar-refractivity contribution in [3.63, 3.8) is 0 Å². The molecule has 1 saturated heterocycles. The van der Waals surface area contributed by atoms with E-state index in [-0.39, 0.29) is 16.5 Å². The smallest absolute Gasteiger partial charge is 0.217 e. The lowest BCUT2D eigenvalue weighted by Crippen LogP contribution is -2.63.